The van der Waals surface area contributed by atoms with Crippen LogP contribution in [0, 0.1) is 0 Å². The smallest absolute Gasteiger partial charge is 0.387 e. The molecule has 0 aliphatic carbocycles. The molecule has 0 aliphatic heterocycles. The number of unbranched alkanes of at least 4 members (excludes halogenated alkanes) is 23. The second-order valence-corrected chi connectivity index (χ2v) is 19.6. The maximum Gasteiger partial charge on any atom is 0.472 e. The fourth-order valence-corrected chi connectivity index (χ4v) is 7.71. The minimum absolute atomic E-state index is 0.0510. The van der Waals surface area contributed by atoms with Crippen molar-refractivity contribution >= 4 is 13.7 Å². The first-order valence-corrected chi connectivity index (χ1v) is 26.8. The van der Waals surface area contributed by atoms with Crippen LogP contribution in [-0.2, 0) is 18.4 Å². The average molecular weight is 890 g/mol. The number of hydrogen-bond donors (Lipinski definition) is 3. The van der Waals surface area contributed by atoms with Crippen molar-refractivity contribution < 1.29 is 32.9 Å². The van der Waals surface area contributed by atoms with Crippen LogP contribution in [0.25, 0.3) is 0 Å². The van der Waals surface area contributed by atoms with E-state index in [-0.39, 0.29) is 19.1 Å². The third kappa shape index (κ3) is 45.9. The molecule has 3 N–H and O–H groups in total. The van der Waals surface area contributed by atoms with Crippen molar-refractivity contribution in [3.8, 4) is 0 Å². The maximum absolute atomic E-state index is 12.9. The summed E-state index contributed by atoms with van der Waals surface area (Å²) in [7, 11) is 1.54. The standard InChI is InChI=1S/C53H97N2O6P/c1-6-8-10-12-14-16-17-18-19-20-21-22-23-24-25-26-27-28-29-30-31-32-33-34-35-36-37-39-41-43-45-47-53(57)54-51(50-61-62(58,59)60-49-48-55(3,4)5)52(56)46-44-42-40-38-15-13-11-9-7-2/h7,9,15,17-18,20-21,23-24,38,44,46,51-52,56H,6,8,10-14,16,19,22,25-37,39-43,45,47-50H2,1-5H3,(H-,54,57,58,59)/p+1/b9-7+,18-17-,21-20-,24-23-,38-15+,46-44+. The van der Waals surface area contributed by atoms with Gasteiger partial charge in [0.2, 0.25) is 5.91 Å². The van der Waals surface area contributed by atoms with Crippen LogP contribution in [-0.4, -0.2) is 73.4 Å². The molecule has 0 aromatic rings. The van der Waals surface area contributed by atoms with E-state index in [2.05, 4.69) is 66.9 Å². The normalized spacial score (nSPS) is 14.8. The number of aliphatic hydroxyl groups is 1. The first-order chi connectivity index (χ1) is 30.0. The lowest BCUT2D eigenvalue weighted by Gasteiger charge is -2.25. The van der Waals surface area contributed by atoms with Crippen molar-refractivity contribution in [1.82, 2.24) is 5.32 Å². The van der Waals surface area contributed by atoms with E-state index in [4.69, 9.17) is 9.05 Å². The van der Waals surface area contributed by atoms with Gasteiger partial charge < -0.3 is 19.8 Å². The quantitative estimate of drug-likeness (QED) is 0.0243. The van der Waals surface area contributed by atoms with Crippen molar-refractivity contribution in [1.29, 1.82) is 0 Å². The molecule has 0 aromatic carbocycles. The average Bonchev–Trinajstić information content (AvgIpc) is 3.23. The van der Waals surface area contributed by atoms with E-state index in [9.17, 15) is 19.4 Å². The third-order valence-corrected chi connectivity index (χ3v) is 12.0. The number of allylic oxidation sites excluding steroid dienone is 11. The highest BCUT2D eigenvalue weighted by Crippen LogP contribution is 2.43. The van der Waals surface area contributed by atoms with E-state index in [1.807, 2.05) is 40.2 Å². The summed E-state index contributed by atoms with van der Waals surface area (Å²) >= 11 is 0. The number of carbonyl (C=O) groups is 1. The summed E-state index contributed by atoms with van der Waals surface area (Å²) in [4.78, 5) is 23.1. The number of phosphoric acid groups is 1. The van der Waals surface area contributed by atoms with Gasteiger partial charge in [-0.2, -0.15) is 0 Å². The number of nitrogens with zero attached hydrogens (tertiary/aromatic N) is 1. The summed E-state index contributed by atoms with van der Waals surface area (Å²) in [6.45, 7) is 4.53. The number of nitrogens with one attached hydrogen (secondary N) is 1. The lowest BCUT2D eigenvalue weighted by atomic mass is 10.0. The highest BCUT2D eigenvalue weighted by atomic mass is 31.2. The van der Waals surface area contributed by atoms with Crippen molar-refractivity contribution in [2.24, 2.45) is 0 Å². The highest BCUT2D eigenvalue weighted by Gasteiger charge is 2.27. The van der Waals surface area contributed by atoms with Crippen molar-refractivity contribution in [2.75, 3.05) is 40.9 Å². The molecule has 1 amide bonds. The molecular weight excluding hydrogens is 792 g/mol. The molecule has 0 aromatic heterocycles. The van der Waals surface area contributed by atoms with E-state index >= 15 is 0 Å². The predicted molar refractivity (Wildman–Crippen MR) is 267 cm³/mol. The van der Waals surface area contributed by atoms with Crippen LogP contribution in [0.1, 0.15) is 206 Å². The fourth-order valence-electron chi connectivity index (χ4n) is 6.97. The number of quaternary nitrogens is 1. The molecule has 0 aliphatic rings. The molecule has 0 bridgehead atoms. The molecule has 0 spiro atoms. The van der Waals surface area contributed by atoms with Crippen LogP contribution in [0.3, 0.4) is 0 Å². The highest BCUT2D eigenvalue weighted by molar-refractivity contribution is 7.47. The first kappa shape index (κ1) is 59.9. The van der Waals surface area contributed by atoms with Crippen LogP contribution in [0.4, 0.5) is 0 Å². The summed E-state index contributed by atoms with van der Waals surface area (Å²) in [5.74, 6) is -0.196. The molecule has 0 rings (SSSR count). The van der Waals surface area contributed by atoms with Gasteiger partial charge in [-0.15, -0.1) is 0 Å². The molecule has 3 unspecified atom stereocenters. The van der Waals surface area contributed by atoms with Crippen LogP contribution in [0.5, 0.6) is 0 Å². The van der Waals surface area contributed by atoms with Gasteiger partial charge in [0.15, 0.2) is 0 Å². The van der Waals surface area contributed by atoms with Gasteiger partial charge in [-0.25, -0.2) is 4.57 Å². The molecule has 0 heterocycles. The summed E-state index contributed by atoms with van der Waals surface area (Å²) in [6, 6.07) is -0.870. The van der Waals surface area contributed by atoms with Crippen LogP contribution in [0.2, 0.25) is 0 Å². The van der Waals surface area contributed by atoms with E-state index < -0.39 is 20.0 Å². The number of hydrogen-bond acceptors (Lipinski definition) is 5. The van der Waals surface area contributed by atoms with Crippen molar-refractivity contribution in [3.63, 3.8) is 0 Å². The van der Waals surface area contributed by atoms with Gasteiger partial charge in [-0.1, -0.05) is 195 Å². The Morgan fingerprint density at radius 2 is 1.00 bits per heavy atom. The van der Waals surface area contributed by atoms with E-state index in [0.717, 1.165) is 57.8 Å². The van der Waals surface area contributed by atoms with Gasteiger partial charge >= 0.3 is 7.82 Å². The molecule has 0 fully saturated rings. The van der Waals surface area contributed by atoms with E-state index in [1.54, 1.807) is 6.08 Å². The Morgan fingerprint density at radius 3 is 1.48 bits per heavy atom. The Labute approximate surface area is 383 Å². The van der Waals surface area contributed by atoms with Crippen LogP contribution < -0.4 is 5.32 Å². The second kappa shape index (κ2) is 44.2. The van der Waals surface area contributed by atoms with E-state index in [0.29, 0.717) is 17.4 Å². The number of carbonyl (C=O) groups excluding carboxylic acids is 1. The zero-order valence-electron chi connectivity index (χ0n) is 40.8. The Hall–Kier alpha value is -2.06. The number of likely N-dealkylation sites (N-methyl/N-ethyl adjacent to an activating group) is 1. The molecule has 9 heteroatoms. The number of aliphatic hydroxyl groups excluding tert-OH is 1. The third-order valence-electron chi connectivity index (χ3n) is 11.0. The Balaban J connectivity index is 4.03. The van der Waals surface area contributed by atoms with Crippen LogP contribution in [0.15, 0.2) is 72.9 Å². The predicted octanol–water partition coefficient (Wildman–Crippen LogP) is 14.8. The molecule has 8 nitrogen and oxygen atoms in total. The molecule has 62 heavy (non-hydrogen) atoms. The van der Waals surface area contributed by atoms with Crippen molar-refractivity contribution in [2.45, 2.75) is 219 Å². The lowest BCUT2D eigenvalue weighted by molar-refractivity contribution is -0.870. The summed E-state index contributed by atoms with van der Waals surface area (Å²) in [5.41, 5.74) is 0. The number of amides is 1. The van der Waals surface area contributed by atoms with Gasteiger partial charge in [0, 0.05) is 6.42 Å². The number of rotatable bonds is 45. The fraction of sp³-hybridized carbons (Fsp3) is 0.755. The molecule has 0 saturated carbocycles. The monoisotopic (exact) mass is 890 g/mol. The summed E-state index contributed by atoms with van der Waals surface area (Å²) in [5, 5.41) is 13.7. The van der Waals surface area contributed by atoms with Gasteiger partial charge in [0.25, 0.3) is 0 Å². The molecule has 360 valence electrons. The Bertz CT molecular complexity index is 1240. The van der Waals surface area contributed by atoms with Crippen molar-refractivity contribution in [3.05, 3.63) is 72.9 Å². The summed E-state index contributed by atoms with van der Waals surface area (Å²) < 4.78 is 23.5. The Kier molecular flexibility index (Phi) is 42.7. The Morgan fingerprint density at radius 1 is 0.581 bits per heavy atom. The van der Waals surface area contributed by atoms with E-state index in [1.165, 1.54) is 128 Å². The minimum Gasteiger partial charge on any atom is -0.387 e. The van der Waals surface area contributed by atoms with Gasteiger partial charge in [0.05, 0.1) is 39.9 Å². The molecule has 0 saturated heterocycles. The summed E-state index contributed by atoms with van der Waals surface area (Å²) in [6.07, 6.45) is 60.3. The van der Waals surface area contributed by atoms with Gasteiger partial charge in [0.1, 0.15) is 13.2 Å². The molecular formula is C53H98N2O6P+. The zero-order chi connectivity index (χ0) is 45.7. The molecule has 3 atom stereocenters. The topological polar surface area (TPSA) is 105 Å². The maximum atomic E-state index is 12.9. The first-order valence-electron chi connectivity index (χ1n) is 25.3. The minimum atomic E-state index is -4.35. The lowest BCUT2D eigenvalue weighted by Crippen LogP contribution is -2.45. The SMILES string of the molecule is C/C=C/CC/C=C/CC/C=C/C(O)C(COP(=O)(O)OCC[N+](C)(C)C)NC(=O)CCCCCCCCCCCCCCCCCC/C=C\C/C=C\C/C=C\CCCCCCC. The largest absolute Gasteiger partial charge is 0.472 e. The molecule has 0 radical (unpaired) electrons. The zero-order valence-corrected chi connectivity index (χ0v) is 41.7. The van der Waals surface area contributed by atoms with Crippen LogP contribution >= 0.6 is 7.82 Å². The van der Waals surface area contributed by atoms with Gasteiger partial charge in [-0.3, -0.25) is 13.8 Å². The number of phosphoric ester groups is 1. The van der Waals surface area contributed by atoms with Gasteiger partial charge in [-0.05, 0) is 77.6 Å². The second-order valence-electron chi connectivity index (χ2n) is 18.2.